The number of carbonyl (C=O) groups is 2. The van der Waals surface area contributed by atoms with Crippen molar-refractivity contribution in [2.45, 2.75) is 38.3 Å². The van der Waals surface area contributed by atoms with Gasteiger partial charge in [0.1, 0.15) is 11.3 Å². The van der Waals surface area contributed by atoms with Crippen molar-refractivity contribution in [3.63, 3.8) is 0 Å². The largest absolute Gasteiger partial charge is 0.493 e. The quantitative estimate of drug-likeness (QED) is 0.397. The molecule has 2 fully saturated rings. The minimum absolute atomic E-state index is 0.0331. The van der Waals surface area contributed by atoms with Gasteiger partial charge in [-0.3, -0.25) is 14.4 Å². The maximum Gasteiger partial charge on any atom is 0.416 e. The number of rotatable bonds is 8. The summed E-state index contributed by atoms with van der Waals surface area (Å²) in [5.74, 6) is -3.34. The van der Waals surface area contributed by atoms with Gasteiger partial charge in [0, 0.05) is 23.1 Å². The summed E-state index contributed by atoms with van der Waals surface area (Å²) in [6.07, 6.45) is -0.710. The zero-order chi connectivity index (χ0) is 27.9. The second-order valence-corrected chi connectivity index (χ2v) is 10.2. The van der Waals surface area contributed by atoms with Crippen molar-refractivity contribution >= 4 is 28.4 Å². The number of halogens is 3. The van der Waals surface area contributed by atoms with Crippen molar-refractivity contribution in [1.29, 1.82) is 0 Å². The van der Waals surface area contributed by atoms with Gasteiger partial charge in [-0.2, -0.15) is 17.9 Å². The van der Waals surface area contributed by atoms with Crippen molar-refractivity contribution < 1.29 is 32.6 Å². The number of aromatic nitrogens is 3. The van der Waals surface area contributed by atoms with Gasteiger partial charge >= 0.3 is 12.1 Å². The average Bonchev–Trinajstić information content (AvgIpc) is 3.33. The van der Waals surface area contributed by atoms with Crippen LogP contribution >= 0.6 is 0 Å². The van der Waals surface area contributed by atoms with Crippen LogP contribution in [0.5, 0.6) is 5.75 Å². The van der Waals surface area contributed by atoms with Crippen LogP contribution in [0, 0.1) is 23.7 Å². The van der Waals surface area contributed by atoms with Crippen molar-refractivity contribution in [3.8, 4) is 5.75 Å². The lowest BCUT2D eigenvalue weighted by molar-refractivity contribution is -0.143. The van der Waals surface area contributed by atoms with E-state index in [9.17, 15) is 32.7 Å². The van der Waals surface area contributed by atoms with Gasteiger partial charge in [0.25, 0.3) is 5.56 Å². The number of fused-ring (bicyclic) bond motifs is 1. The molecule has 2 aliphatic carbocycles. The average molecular weight is 542 g/mol. The predicted octanol–water partition coefficient (Wildman–Crippen LogP) is 5.07. The van der Waals surface area contributed by atoms with Crippen LogP contribution in [0.1, 0.15) is 48.0 Å². The van der Waals surface area contributed by atoms with Crippen LogP contribution in [0.2, 0.25) is 0 Å². The number of allylic oxidation sites excluding steroid dienone is 1. The molecule has 0 bridgehead atoms. The van der Waals surface area contributed by atoms with E-state index >= 15 is 0 Å². The number of aliphatic carboxylic acids is 1. The Hall–Kier alpha value is -4.02. The van der Waals surface area contributed by atoms with E-state index in [2.05, 4.69) is 16.9 Å². The molecule has 2 saturated carbocycles. The smallest absolute Gasteiger partial charge is 0.416 e. The molecule has 8 nitrogen and oxygen atoms in total. The molecule has 0 radical (unpaired) electrons. The number of ketones is 1. The summed E-state index contributed by atoms with van der Waals surface area (Å²) in [6, 6.07) is 9.13. The van der Waals surface area contributed by atoms with Gasteiger partial charge in [-0.15, -0.1) is 5.10 Å². The second-order valence-electron chi connectivity index (χ2n) is 10.2. The molecule has 2 aliphatic rings. The second kappa shape index (κ2) is 10.3. The van der Waals surface area contributed by atoms with Gasteiger partial charge in [-0.1, -0.05) is 18.2 Å². The molecule has 204 valence electrons. The molecule has 39 heavy (non-hydrogen) atoms. The summed E-state index contributed by atoms with van der Waals surface area (Å²) in [5, 5.41) is 17.4. The normalized spacial score (nSPS) is 21.5. The van der Waals surface area contributed by atoms with E-state index in [1.54, 1.807) is 24.3 Å². The zero-order valence-electron chi connectivity index (χ0n) is 20.9. The highest BCUT2D eigenvalue weighted by Crippen LogP contribution is 2.43. The molecule has 3 atom stereocenters. The lowest BCUT2D eigenvalue weighted by Gasteiger charge is -2.25. The highest BCUT2D eigenvalue weighted by atomic mass is 19.4. The predicted molar refractivity (Wildman–Crippen MR) is 135 cm³/mol. The monoisotopic (exact) mass is 541 g/mol. The molecule has 2 aromatic carbocycles. The zero-order valence-corrected chi connectivity index (χ0v) is 20.9. The van der Waals surface area contributed by atoms with Gasteiger partial charge < -0.3 is 9.84 Å². The van der Waals surface area contributed by atoms with E-state index in [1.807, 2.05) is 0 Å². The van der Waals surface area contributed by atoms with Crippen LogP contribution in [-0.2, 0) is 11.0 Å². The van der Waals surface area contributed by atoms with E-state index in [0.29, 0.717) is 29.9 Å². The van der Waals surface area contributed by atoms with Gasteiger partial charge in [0.15, 0.2) is 5.78 Å². The number of hydrogen-bond donors (Lipinski definition) is 1. The summed E-state index contributed by atoms with van der Waals surface area (Å²) >= 11 is 0. The van der Waals surface area contributed by atoms with Crippen LogP contribution in [0.25, 0.3) is 16.6 Å². The Labute approximate surface area is 221 Å². The topological polar surface area (TPSA) is 111 Å². The fourth-order valence-electron chi connectivity index (χ4n) is 5.38. The molecule has 1 N–H and O–H groups in total. The van der Waals surface area contributed by atoms with Crippen LogP contribution in [-0.4, -0.2) is 38.5 Å². The van der Waals surface area contributed by atoms with Gasteiger partial charge in [-0.25, -0.2) is 0 Å². The number of ether oxygens (including phenoxy) is 1. The molecule has 5 rings (SSSR count). The van der Waals surface area contributed by atoms with E-state index in [4.69, 9.17) is 4.74 Å². The molecule has 0 spiro atoms. The number of alkyl halides is 3. The van der Waals surface area contributed by atoms with E-state index in [0.717, 1.165) is 29.7 Å². The molecular formula is C28H26F3N3O5. The number of carbonyl (C=O) groups excluding carboxylic acids is 1. The Bertz CT molecular complexity index is 1500. The Morgan fingerprint density at radius 2 is 1.74 bits per heavy atom. The van der Waals surface area contributed by atoms with Gasteiger partial charge in [0.2, 0.25) is 0 Å². The Morgan fingerprint density at radius 1 is 1.05 bits per heavy atom. The van der Waals surface area contributed by atoms with Crippen LogP contribution in [0.3, 0.4) is 0 Å². The first kappa shape index (κ1) is 26.6. The molecule has 11 heteroatoms. The minimum Gasteiger partial charge on any atom is -0.493 e. The Balaban J connectivity index is 1.37. The van der Waals surface area contributed by atoms with E-state index in [1.165, 1.54) is 6.42 Å². The first-order valence-corrected chi connectivity index (χ1v) is 12.7. The fourth-order valence-corrected chi connectivity index (χ4v) is 5.38. The van der Waals surface area contributed by atoms with Crippen molar-refractivity contribution in [2.24, 2.45) is 23.7 Å². The number of carboxylic acid groups (broad SMARTS) is 1. The third-order valence-corrected chi connectivity index (χ3v) is 7.82. The van der Waals surface area contributed by atoms with E-state index < -0.39 is 41.0 Å². The SMILES string of the molecule is C=C([C@@H]1CC[C@H](C(=O)c2ccc(OCC3CCC3)cc2)[C@H]1C(=O)O)n1nnc2ccc(C(F)(F)F)cc2c1=O. The lowest BCUT2D eigenvalue weighted by atomic mass is 9.83. The molecule has 0 saturated heterocycles. The number of Topliss-reactive ketones (excluding diaryl/α,β-unsaturated/α-hetero) is 1. The van der Waals surface area contributed by atoms with Crippen LogP contribution < -0.4 is 10.3 Å². The van der Waals surface area contributed by atoms with Gasteiger partial charge in [0.05, 0.1) is 23.5 Å². The molecule has 0 amide bonds. The molecule has 1 heterocycles. The van der Waals surface area contributed by atoms with Crippen molar-refractivity contribution in [3.05, 3.63) is 70.5 Å². The first-order valence-electron chi connectivity index (χ1n) is 12.7. The van der Waals surface area contributed by atoms with Crippen LogP contribution in [0.4, 0.5) is 13.2 Å². The van der Waals surface area contributed by atoms with Crippen molar-refractivity contribution in [1.82, 2.24) is 15.0 Å². The molecular weight excluding hydrogens is 515 g/mol. The Kier molecular flexibility index (Phi) is 7.00. The summed E-state index contributed by atoms with van der Waals surface area (Å²) in [5.41, 5.74) is -1.64. The molecule has 0 aliphatic heterocycles. The third kappa shape index (κ3) is 5.17. The standard InChI is InChI=1S/C28H26F3N3O5/c1-15(34-26(36)22-13-18(28(29,30)31)7-12-23(22)32-33-34)20-10-11-21(24(20)27(37)38)25(35)17-5-8-19(9-6-17)39-14-16-3-2-4-16/h5-9,12-13,16,20-21,24H,1-4,10-11,14H2,(H,37,38)/t20-,21-,24-/m0/s1. The Morgan fingerprint density at radius 3 is 2.36 bits per heavy atom. The molecule has 1 aromatic heterocycles. The minimum atomic E-state index is -4.67. The maximum atomic E-state index is 13.3. The van der Waals surface area contributed by atoms with Crippen LogP contribution in [0.15, 0.2) is 53.8 Å². The van der Waals surface area contributed by atoms with E-state index in [-0.39, 0.29) is 35.2 Å². The number of benzene rings is 2. The maximum absolute atomic E-state index is 13.3. The molecule has 3 aromatic rings. The number of nitrogens with zero attached hydrogens (tertiary/aromatic N) is 3. The van der Waals surface area contributed by atoms with Gasteiger partial charge in [-0.05, 0) is 74.1 Å². The number of hydrogen-bond acceptors (Lipinski definition) is 6. The summed E-state index contributed by atoms with van der Waals surface area (Å²) in [6.45, 7) is 4.47. The number of carboxylic acids is 1. The first-order chi connectivity index (χ1) is 18.5. The summed E-state index contributed by atoms with van der Waals surface area (Å²) < 4.78 is 46.1. The highest BCUT2D eigenvalue weighted by molar-refractivity contribution is 6.00. The summed E-state index contributed by atoms with van der Waals surface area (Å²) in [7, 11) is 0. The molecule has 0 unspecified atom stereocenters. The lowest BCUT2D eigenvalue weighted by Crippen LogP contribution is -2.33. The fraction of sp³-hybridized carbons (Fsp3) is 0.393. The third-order valence-electron chi connectivity index (χ3n) is 7.82. The van der Waals surface area contributed by atoms with Crippen molar-refractivity contribution in [2.75, 3.05) is 6.61 Å². The summed E-state index contributed by atoms with van der Waals surface area (Å²) in [4.78, 5) is 38.7. The highest BCUT2D eigenvalue weighted by Gasteiger charge is 2.46.